The molecule has 2 aromatic carbocycles. The van der Waals surface area contributed by atoms with E-state index in [1.165, 1.54) is 31.8 Å². The number of sulfonamides is 1. The predicted octanol–water partition coefficient (Wildman–Crippen LogP) is 1.93. The van der Waals surface area contributed by atoms with Gasteiger partial charge in [-0.05, 0) is 24.3 Å². The molecule has 184 valence electrons. The fourth-order valence-corrected chi connectivity index (χ4v) is 5.14. The van der Waals surface area contributed by atoms with E-state index < -0.39 is 10.0 Å². The number of carbonyl (C=O) groups is 1. The number of rotatable bonds is 9. The number of piperazine rings is 1. The molecule has 1 heterocycles. The van der Waals surface area contributed by atoms with Gasteiger partial charge in [0.05, 0.1) is 44.5 Å². The Morgan fingerprint density at radius 2 is 1.62 bits per heavy atom. The normalized spacial score (nSPS) is 15.3. The van der Waals surface area contributed by atoms with Crippen LogP contribution in [0.15, 0.2) is 50.9 Å². The number of amides is 1. The summed E-state index contributed by atoms with van der Waals surface area (Å²) in [4.78, 5) is 14.5. The summed E-state index contributed by atoms with van der Waals surface area (Å²) in [6, 6.07) is 9.92. The summed E-state index contributed by atoms with van der Waals surface area (Å²) >= 11 is 3.31. The van der Waals surface area contributed by atoms with Gasteiger partial charge in [0.2, 0.25) is 10.0 Å². The number of hydrazone groups is 1. The maximum absolute atomic E-state index is 12.8. The molecule has 1 aliphatic heterocycles. The zero-order valence-corrected chi connectivity index (χ0v) is 21.6. The Morgan fingerprint density at radius 1 is 1.03 bits per heavy atom. The first-order valence-electron chi connectivity index (χ1n) is 10.4. The fraction of sp³-hybridized carbons (Fsp3) is 0.364. The van der Waals surface area contributed by atoms with E-state index in [0.29, 0.717) is 49.0 Å². The average molecular weight is 555 g/mol. The molecular formula is C22H27BrN4O6S. The summed E-state index contributed by atoms with van der Waals surface area (Å²) in [6.45, 7) is 1.57. The van der Waals surface area contributed by atoms with Crippen LogP contribution in [0.4, 0.5) is 0 Å². The molecular weight excluding hydrogens is 528 g/mol. The van der Waals surface area contributed by atoms with Crippen molar-refractivity contribution >= 4 is 38.1 Å². The van der Waals surface area contributed by atoms with E-state index in [9.17, 15) is 13.2 Å². The molecule has 0 atom stereocenters. The first-order valence-corrected chi connectivity index (χ1v) is 12.6. The van der Waals surface area contributed by atoms with Gasteiger partial charge in [0.25, 0.3) is 5.91 Å². The number of hydrogen-bond acceptors (Lipinski definition) is 8. The van der Waals surface area contributed by atoms with E-state index in [1.54, 1.807) is 36.4 Å². The third-order valence-corrected chi connectivity index (χ3v) is 7.73. The van der Waals surface area contributed by atoms with Crippen molar-refractivity contribution in [2.45, 2.75) is 4.90 Å². The molecule has 3 rings (SSSR count). The lowest BCUT2D eigenvalue weighted by molar-refractivity contribution is -0.122. The molecule has 1 fully saturated rings. The second kappa shape index (κ2) is 11.6. The molecule has 1 N–H and O–H groups in total. The maximum atomic E-state index is 12.8. The number of methoxy groups -OCH3 is 3. The highest BCUT2D eigenvalue weighted by Crippen LogP contribution is 2.32. The minimum absolute atomic E-state index is 0.0976. The number of carbonyl (C=O) groups excluding carboxylic acids is 1. The third-order valence-electron chi connectivity index (χ3n) is 5.29. The van der Waals surface area contributed by atoms with Crippen LogP contribution in [0.5, 0.6) is 17.2 Å². The molecule has 1 aliphatic rings. The highest BCUT2D eigenvalue weighted by molar-refractivity contribution is 9.10. The molecule has 1 amide bonds. The number of ether oxygens (including phenoxy) is 3. The lowest BCUT2D eigenvalue weighted by Gasteiger charge is -2.33. The van der Waals surface area contributed by atoms with Gasteiger partial charge in [-0.1, -0.05) is 15.9 Å². The molecule has 10 nitrogen and oxygen atoms in total. The van der Waals surface area contributed by atoms with Crippen molar-refractivity contribution in [1.29, 1.82) is 0 Å². The van der Waals surface area contributed by atoms with Gasteiger partial charge in [0.1, 0.15) is 17.2 Å². The zero-order chi connectivity index (χ0) is 24.7. The topological polar surface area (TPSA) is 110 Å². The second-order valence-electron chi connectivity index (χ2n) is 7.37. The van der Waals surface area contributed by atoms with Crippen molar-refractivity contribution in [2.24, 2.45) is 5.10 Å². The molecule has 0 unspecified atom stereocenters. The fourth-order valence-electron chi connectivity index (χ4n) is 3.45. The van der Waals surface area contributed by atoms with Crippen LogP contribution in [-0.2, 0) is 14.8 Å². The largest absolute Gasteiger partial charge is 0.496 e. The molecule has 34 heavy (non-hydrogen) atoms. The van der Waals surface area contributed by atoms with E-state index in [2.05, 4.69) is 26.5 Å². The van der Waals surface area contributed by atoms with Crippen LogP contribution in [0.25, 0.3) is 0 Å². The quantitative estimate of drug-likeness (QED) is 0.372. The predicted molar refractivity (Wildman–Crippen MR) is 131 cm³/mol. The Hall–Kier alpha value is -2.67. The maximum Gasteiger partial charge on any atom is 0.254 e. The number of halogens is 1. The summed E-state index contributed by atoms with van der Waals surface area (Å²) in [5.41, 5.74) is 3.05. The van der Waals surface area contributed by atoms with Crippen LogP contribution in [0.1, 0.15) is 5.56 Å². The average Bonchev–Trinajstić information content (AvgIpc) is 2.84. The first-order chi connectivity index (χ1) is 16.3. The number of benzene rings is 2. The van der Waals surface area contributed by atoms with Crippen molar-refractivity contribution in [2.75, 3.05) is 54.1 Å². The monoisotopic (exact) mass is 554 g/mol. The molecule has 0 aromatic heterocycles. The summed E-state index contributed by atoms with van der Waals surface area (Å²) < 4.78 is 43.8. The molecule has 1 saturated heterocycles. The van der Waals surface area contributed by atoms with Crippen LogP contribution in [0.2, 0.25) is 0 Å². The van der Waals surface area contributed by atoms with Crippen LogP contribution >= 0.6 is 15.9 Å². The van der Waals surface area contributed by atoms with Gasteiger partial charge < -0.3 is 14.2 Å². The van der Waals surface area contributed by atoms with E-state index >= 15 is 0 Å². The highest BCUT2D eigenvalue weighted by atomic mass is 79.9. The number of nitrogens with one attached hydrogen (secondary N) is 1. The third kappa shape index (κ3) is 6.26. The number of nitrogens with zero attached hydrogens (tertiary/aromatic N) is 3. The van der Waals surface area contributed by atoms with Gasteiger partial charge in [-0.15, -0.1) is 0 Å². The molecule has 0 saturated carbocycles. The van der Waals surface area contributed by atoms with Gasteiger partial charge in [-0.2, -0.15) is 9.41 Å². The van der Waals surface area contributed by atoms with Crippen LogP contribution in [-0.4, -0.2) is 83.8 Å². The summed E-state index contributed by atoms with van der Waals surface area (Å²) in [7, 11) is 1.00. The molecule has 2 aromatic rings. The van der Waals surface area contributed by atoms with Crippen molar-refractivity contribution in [3.05, 3.63) is 46.4 Å². The summed E-state index contributed by atoms with van der Waals surface area (Å²) in [5.74, 6) is 1.22. The first kappa shape index (κ1) is 25.9. The van der Waals surface area contributed by atoms with Gasteiger partial charge in [-0.25, -0.2) is 13.8 Å². The molecule has 0 spiro atoms. The van der Waals surface area contributed by atoms with Crippen molar-refractivity contribution in [1.82, 2.24) is 14.6 Å². The smallest absolute Gasteiger partial charge is 0.254 e. The van der Waals surface area contributed by atoms with Crippen LogP contribution < -0.4 is 19.6 Å². The lowest BCUT2D eigenvalue weighted by atomic mass is 10.2. The van der Waals surface area contributed by atoms with Gasteiger partial charge in [0.15, 0.2) is 0 Å². The zero-order valence-electron chi connectivity index (χ0n) is 19.2. The Kier molecular flexibility index (Phi) is 8.89. The SMILES string of the molecule is COc1cc(OC)c(/C=N\NC(=O)CN2CCN(S(=O)(=O)c3ccc(Br)cc3)CC2)c(OC)c1. The van der Waals surface area contributed by atoms with Crippen LogP contribution in [0, 0.1) is 0 Å². The standard InChI is InChI=1S/C22H27BrN4O6S/c1-31-17-12-20(32-2)19(21(13-17)33-3)14-24-25-22(28)15-26-8-10-27(11-9-26)34(29,30)18-6-4-16(23)5-7-18/h4-7,12-14H,8-11,15H2,1-3H3,(H,25,28)/b24-14-. The van der Waals surface area contributed by atoms with Gasteiger partial charge in [0, 0.05) is 42.8 Å². The highest BCUT2D eigenvalue weighted by Gasteiger charge is 2.29. The van der Waals surface area contributed by atoms with E-state index in [1.807, 2.05) is 4.90 Å². The molecule has 0 bridgehead atoms. The van der Waals surface area contributed by atoms with E-state index in [0.717, 1.165) is 4.47 Å². The van der Waals surface area contributed by atoms with Crippen LogP contribution in [0.3, 0.4) is 0 Å². The Labute approximate surface area is 207 Å². The summed E-state index contributed by atoms with van der Waals surface area (Å²) in [6.07, 6.45) is 1.44. The molecule has 0 radical (unpaired) electrons. The Bertz CT molecular complexity index is 1110. The van der Waals surface area contributed by atoms with Crippen molar-refractivity contribution in [3.8, 4) is 17.2 Å². The van der Waals surface area contributed by atoms with E-state index in [-0.39, 0.29) is 17.3 Å². The summed E-state index contributed by atoms with van der Waals surface area (Å²) in [5, 5.41) is 4.02. The Balaban J connectivity index is 1.54. The lowest BCUT2D eigenvalue weighted by Crippen LogP contribution is -2.50. The van der Waals surface area contributed by atoms with Gasteiger partial charge >= 0.3 is 0 Å². The molecule has 0 aliphatic carbocycles. The van der Waals surface area contributed by atoms with Crippen molar-refractivity contribution < 1.29 is 27.4 Å². The minimum atomic E-state index is -3.56. The van der Waals surface area contributed by atoms with Crippen molar-refractivity contribution in [3.63, 3.8) is 0 Å². The number of hydrogen-bond donors (Lipinski definition) is 1. The Morgan fingerprint density at radius 3 is 2.15 bits per heavy atom. The van der Waals surface area contributed by atoms with Gasteiger partial charge in [-0.3, -0.25) is 9.69 Å². The second-order valence-corrected chi connectivity index (χ2v) is 10.2. The molecule has 12 heteroatoms. The van der Waals surface area contributed by atoms with E-state index in [4.69, 9.17) is 14.2 Å². The minimum Gasteiger partial charge on any atom is -0.496 e.